The maximum atomic E-state index is 13.5. The summed E-state index contributed by atoms with van der Waals surface area (Å²) in [7, 11) is 0. The van der Waals surface area contributed by atoms with Crippen molar-refractivity contribution in [3.63, 3.8) is 0 Å². The number of fused-ring (bicyclic) bond motifs is 1. The molecule has 1 aliphatic rings. The van der Waals surface area contributed by atoms with Crippen LogP contribution in [-0.4, -0.2) is 24.0 Å². The van der Waals surface area contributed by atoms with E-state index in [4.69, 9.17) is 5.26 Å². The average molecular weight is 399 g/mol. The Balaban J connectivity index is 1.48. The monoisotopic (exact) mass is 399 g/mol. The number of nitriles is 2. The molecule has 1 amide bonds. The number of hydrogen-bond donors (Lipinski definition) is 1. The lowest BCUT2D eigenvalue weighted by Gasteiger charge is -2.34. The topological polar surface area (TPSA) is 92.8 Å². The lowest BCUT2D eigenvalue weighted by Crippen LogP contribution is -2.38. The highest BCUT2D eigenvalue weighted by molar-refractivity contribution is 5.95. The molecule has 1 saturated heterocycles. The van der Waals surface area contributed by atoms with Crippen molar-refractivity contribution in [1.29, 1.82) is 10.5 Å². The summed E-state index contributed by atoms with van der Waals surface area (Å²) in [6.45, 7) is 1.27. The number of anilines is 2. The molecule has 1 fully saturated rings. The Morgan fingerprint density at radius 3 is 2.57 bits per heavy atom. The van der Waals surface area contributed by atoms with Crippen LogP contribution in [-0.2, 0) is 4.79 Å². The van der Waals surface area contributed by atoms with Crippen LogP contribution >= 0.6 is 0 Å². The number of hydrogen-bond acceptors (Lipinski definition) is 5. The zero-order chi connectivity index (χ0) is 21.1. The van der Waals surface area contributed by atoms with E-state index in [-0.39, 0.29) is 17.4 Å². The van der Waals surface area contributed by atoms with Crippen LogP contribution in [0.2, 0.25) is 0 Å². The van der Waals surface area contributed by atoms with Crippen molar-refractivity contribution < 1.29 is 9.18 Å². The van der Waals surface area contributed by atoms with Crippen molar-refractivity contribution in [3.05, 3.63) is 65.6 Å². The van der Waals surface area contributed by atoms with Crippen LogP contribution in [0.4, 0.5) is 15.8 Å². The first-order valence-electron chi connectivity index (χ1n) is 9.64. The van der Waals surface area contributed by atoms with Gasteiger partial charge in [-0.3, -0.25) is 9.78 Å². The maximum Gasteiger partial charge on any atom is 0.227 e. The molecule has 0 spiro atoms. The summed E-state index contributed by atoms with van der Waals surface area (Å²) in [5.74, 6) is -0.956. The standard InChI is InChI=1S/C23H18FN5O/c24-20-6-5-18(11-16(20)12-25)28-23(30)15-7-9-29(10-8-15)22-17(13-26)14-27-21-4-2-1-3-19(21)22/h1-6,11,14-15H,7-10H2,(H,28,30). The molecule has 0 saturated carbocycles. The number of aromatic nitrogens is 1. The lowest BCUT2D eigenvalue weighted by molar-refractivity contribution is -0.120. The third kappa shape index (κ3) is 3.66. The molecule has 0 radical (unpaired) electrons. The summed E-state index contributed by atoms with van der Waals surface area (Å²) < 4.78 is 13.5. The Kier molecular flexibility index (Phi) is 5.28. The van der Waals surface area contributed by atoms with E-state index in [9.17, 15) is 14.4 Å². The van der Waals surface area contributed by atoms with Crippen molar-refractivity contribution in [1.82, 2.24) is 4.98 Å². The maximum absolute atomic E-state index is 13.5. The van der Waals surface area contributed by atoms with Gasteiger partial charge >= 0.3 is 0 Å². The predicted molar refractivity (Wildman–Crippen MR) is 111 cm³/mol. The van der Waals surface area contributed by atoms with Gasteiger partial charge in [-0.2, -0.15) is 10.5 Å². The van der Waals surface area contributed by atoms with Crippen molar-refractivity contribution in [3.8, 4) is 12.1 Å². The first-order valence-corrected chi connectivity index (χ1v) is 9.64. The summed E-state index contributed by atoms with van der Waals surface area (Å²) in [5.41, 5.74) is 2.52. The van der Waals surface area contributed by atoms with Crippen LogP contribution in [0.3, 0.4) is 0 Å². The molecule has 2 aromatic carbocycles. The summed E-state index contributed by atoms with van der Waals surface area (Å²) >= 11 is 0. The quantitative estimate of drug-likeness (QED) is 0.719. The lowest BCUT2D eigenvalue weighted by atomic mass is 9.94. The van der Waals surface area contributed by atoms with Gasteiger partial charge < -0.3 is 10.2 Å². The van der Waals surface area contributed by atoms with Gasteiger partial charge in [-0.25, -0.2) is 4.39 Å². The molecule has 30 heavy (non-hydrogen) atoms. The van der Waals surface area contributed by atoms with Gasteiger partial charge in [-0.1, -0.05) is 18.2 Å². The SMILES string of the molecule is N#Cc1cc(NC(=O)C2CCN(c3c(C#N)cnc4ccccc34)CC2)ccc1F. The average Bonchev–Trinajstić information content (AvgIpc) is 2.79. The fourth-order valence-corrected chi connectivity index (χ4v) is 3.85. The van der Waals surface area contributed by atoms with E-state index in [0.29, 0.717) is 37.2 Å². The van der Waals surface area contributed by atoms with Crippen molar-refractivity contribution in [2.75, 3.05) is 23.3 Å². The van der Waals surface area contributed by atoms with Crippen LogP contribution in [0, 0.1) is 34.4 Å². The van der Waals surface area contributed by atoms with Crippen LogP contribution in [0.1, 0.15) is 24.0 Å². The molecule has 3 aromatic rings. The highest BCUT2D eigenvalue weighted by atomic mass is 19.1. The zero-order valence-electron chi connectivity index (χ0n) is 16.1. The second kappa shape index (κ2) is 8.18. The van der Waals surface area contributed by atoms with Gasteiger partial charge in [0.1, 0.15) is 18.0 Å². The number of piperidine rings is 1. The van der Waals surface area contributed by atoms with E-state index in [2.05, 4.69) is 21.3 Å². The van der Waals surface area contributed by atoms with Crippen LogP contribution in [0.15, 0.2) is 48.7 Å². The molecule has 0 atom stereocenters. The molecular weight excluding hydrogens is 381 g/mol. The van der Waals surface area contributed by atoms with E-state index in [1.807, 2.05) is 24.3 Å². The minimum atomic E-state index is -0.610. The number of pyridine rings is 1. The molecular formula is C23H18FN5O. The van der Waals surface area contributed by atoms with Gasteiger partial charge in [0.2, 0.25) is 5.91 Å². The molecule has 1 N–H and O–H groups in total. The van der Waals surface area contributed by atoms with Gasteiger partial charge in [0.05, 0.1) is 22.3 Å². The molecule has 148 valence electrons. The number of carbonyl (C=O) groups excluding carboxylic acids is 1. The highest BCUT2D eigenvalue weighted by Crippen LogP contribution is 2.32. The Hall–Kier alpha value is -3.97. The highest BCUT2D eigenvalue weighted by Gasteiger charge is 2.27. The van der Waals surface area contributed by atoms with E-state index < -0.39 is 5.82 Å². The van der Waals surface area contributed by atoms with Gasteiger partial charge in [0, 0.05) is 36.3 Å². The number of rotatable bonds is 3. The molecule has 4 rings (SSSR count). The number of halogens is 1. The van der Waals surface area contributed by atoms with E-state index in [0.717, 1.165) is 16.6 Å². The van der Waals surface area contributed by atoms with Crippen molar-refractivity contribution in [2.45, 2.75) is 12.8 Å². The summed E-state index contributed by atoms with van der Waals surface area (Å²) in [6, 6.07) is 15.7. The molecule has 0 unspecified atom stereocenters. The largest absolute Gasteiger partial charge is 0.370 e. The second-order valence-electron chi connectivity index (χ2n) is 7.21. The summed E-state index contributed by atoms with van der Waals surface area (Å²) in [5, 5.41) is 22.2. The van der Waals surface area contributed by atoms with Crippen molar-refractivity contribution in [2.24, 2.45) is 5.92 Å². The van der Waals surface area contributed by atoms with Crippen LogP contribution in [0.5, 0.6) is 0 Å². The van der Waals surface area contributed by atoms with Crippen LogP contribution in [0.25, 0.3) is 10.9 Å². The Bertz CT molecular complexity index is 1200. The number of para-hydroxylation sites is 1. The molecule has 2 heterocycles. The first-order chi connectivity index (χ1) is 14.6. The van der Waals surface area contributed by atoms with Gasteiger partial charge in [-0.15, -0.1) is 0 Å². The minimum Gasteiger partial charge on any atom is -0.370 e. The predicted octanol–water partition coefficient (Wildman–Crippen LogP) is 3.97. The fourth-order valence-electron chi connectivity index (χ4n) is 3.85. The van der Waals surface area contributed by atoms with E-state index in [1.54, 1.807) is 12.3 Å². The second-order valence-corrected chi connectivity index (χ2v) is 7.21. The Morgan fingerprint density at radius 2 is 1.83 bits per heavy atom. The van der Waals surface area contributed by atoms with Gasteiger partial charge in [-0.05, 0) is 37.1 Å². The Morgan fingerprint density at radius 1 is 1.10 bits per heavy atom. The molecule has 7 heteroatoms. The molecule has 6 nitrogen and oxygen atoms in total. The van der Waals surface area contributed by atoms with Crippen LogP contribution < -0.4 is 10.2 Å². The molecule has 0 bridgehead atoms. The minimum absolute atomic E-state index is 0.101. The number of amides is 1. The third-order valence-corrected chi connectivity index (χ3v) is 5.40. The number of nitrogens with one attached hydrogen (secondary N) is 1. The smallest absolute Gasteiger partial charge is 0.227 e. The molecule has 1 aliphatic heterocycles. The number of nitrogens with zero attached hydrogens (tertiary/aromatic N) is 4. The van der Waals surface area contributed by atoms with E-state index in [1.165, 1.54) is 18.2 Å². The molecule has 0 aliphatic carbocycles. The van der Waals surface area contributed by atoms with Gasteiger partial charge in [0.25, 0.3) is 0 Å². The third-order valence-electron chi connectivity index (χ3n) is 5.40. The summed E-state index contributed by atoms with van der Waals surface area (Å²) in [4.78, 5) is 19.2. The normalized spacial score (nSPS) is 14.2. The number of benzene rings is 2. The number of carbonyl (C=O) groups is 1. The zero-order valence-corrected chi connectivity index (χ0v) is 16.1. The van der Waals surface area contributed by atoms with E-state index >= 15 is 0 Å². The fraction of sp³-hybridized carbons (Fsp3) is 0.217. The van der Waals surface area contributed by atoms with Crippen molar-refractivity contribution >= 4 is 28.2 Å². The first kappa shape index (κ1) is 19.4. The summed E-state index contributed by atoms with van der Waals surface area (Å²) in [6.07, 6.45) is 2.84. The Labute approximate surface area is 173 Å². The molecule has 1 aromatic heterocycles. The van der Waals surface area contributed by atoms with Gasteiger partial charge in [0.15, 0.2) is 0 Å².